The highest BCUT2D eigenvalue weighted by molar-refractivity contribution is 5.84. The summed E-state index contributed by atoms with van der Waals surface area (Å²) in [5.74, 6) is 2.72. The molecule has 7 atom stereocenters. The predicted molar refractivity (Wildman–Crippen MR) is 126 cm³/mol. The molecule has 0 bridgehead atoms. The van der Waals surface area contributed by atoms with Crippen LogP contribution < -0.4 is 10.3 Å². The van der Waals surface area contributed by atoms with Gasteiger partial charge in [0.05, 0.1) is 17.8 Å². The van der Waals surface area contributed by atoms with Crippen molar-refractivity contribution in [3.05, 3.63) is 23.8 Å². The normalized spacial score (nSPS) is 42.6. The fraction of sp³-hybridized carbons (Fsp3) is 0.741. The summed E-state index contributed by atoms with van der Waals surface area (Å²) in [5, 5.41) is 42.5. The Morgan fingerprint density at radius 1 is 1.03 bits per heavy atom. The minimum Gasteiger partial charge on any atom is -0.872 e. The molecule has 0 aromatic heterocycles. The largest absolute Gasteiger partial charge is 0.872 e. The second-order valence-electron chi connectivity index (χ2n) is 11.9. The number of rotatable bonds is 4. The molecule has 0 saturated heterocycles. The van der Waals surface area contributed by atoms with E-state index in [0.717, 1.165) is 31.1 Å². The first-order valence-corrected chi connectivity index (χ1v) is 12.9. The van der Waals surface area contributed by atoms with E-state index in [4.69, 9.17) is 0 Å². The van der Waals surface area contributed by atoms with Crippen molar-refractivity contribution >= 4 is 11.9 Å². The fourth-order valence-electron chi connectivity index (χ4n) is 8.72. The third kappa shape index (κ3) is 3.60. The lowest BCUT2D eigenvalue weighted by molar-refractivity contribution is -0.268. The van der Waals surface area contributed by atoms with Crippen molar-refractivity contribution in [3.8, 4) is 5.75 Å². The van der Waals surface area contributed by atoms with Crippen LogP contribution in [0.15, 0.2) is 23.2 Å². The van der Waals surface area contributed by atoms with Crippen molar-refractivity contribution in [2.75, 3.05) is 11.8 Å². The maximum atomic E-state index is 12.2. The van der Waals surface area contributed by atoms with Gasteiger partial charge in [-0.05, 0) is 98.1 Å². The SMILES string of the molecule is CC12CCCCC1CCC1C2CCC2(C)C1CCC2(O)CN=Cc1cc(N(O)O)ccc1[O-]. The maximum absolute atomic E-state index is 12.2. The predicted octanol–water partition coefficient (Wildman–Crippen LogP) is 4.93. The highest BCUT2D eigenvalue weighted by Crippen LogP contribution is 2.68. The van der Waals surface area contributed by atoms with Crippen LogP contribution in [0, 0.1) is 34.5 Å². The first kappa shape index (κ1) is 23.1. The van der Waals surface area contributed by atoms with Crippen LogP contribution in [-0.4, -0.2) is 33.9 Å². The molecule has 5 rings (SSSR count). The molecule has 6 heteroatoms. The Morgan fingerprint density at radius 3 is 2.61 bits per heavy atom. The summed E-state index contributed by atoms with van der Waals surface area (Å²) in [7, 11) is 0. The standard InChI is InChI=1S/C27H40N2O4/c1-25-12-4-3-5-19(25)6-8-21-22(25)10-13-26(2)23(21)11-14-27(26,31)17-28-16-18-15-20(29(32)33)7-9-24(18)30/h7,9,15-16,19,21-23,30-33H,3-6,8,10-14,17H2,1-2H3/p-1. The van der Waals surface area contributed by atoms with Crippen molar-refractivity contribution in [3.63, 3.8) is 0 Å². The van der Waals surface area contributed by atoms with E-state index in [0.29, 0.717) is 17.3 Å². The van der Waals surface area contributed by atoms with Crippen molar-refractivity contribution in [2.24, 2.45) is 39.5 Å². The Balaban J connectivity index is 1.34. The molecule has 182 valence electrons. The Kier molecular flexibility index (Phi) is 5.78. The lowest BCUT2D eigenvalue weighted by Crippen LogP contribution is -2.56. The van der Waals surface area contributed by atoms with E-state index in [9.17, 15) is 20.6 Å². The molecule has 0 radical (unpaired) electrons. The molecule has 6 nitrogen and oxygen atoms in total. The Morgan fingerprint density at radius 2 is 1.82 bits per heavy atom. The molecule has 7 unspecified atom stereocenters. The molecule has 3 N–H and O–H groups in total. The summed E-state index contributed by atoms with van der Waals surface area (Å²) in [4.78, 5) is 4.52. The smallest absolute Gasteiger partial charge is 0.0948 e. The first-order chi connectivity index (χ1) is 15.7. The van der Waals surface area contributed by atoms with E-state index >= 15 is 0 Å². The minimum absolute atomic E-state index is 0.00704. The van der Waals surface area contributed by atoms with E-state index in [1.54, 1.807) is 0 Å². The minimum atomic E-state index is -0.857. The molecule has 0 amide bonds. The van der Waals surface area contributed by atoms with Crippen LogP contribution in [0.4, 0.5) is 5.69 Å². The third-order valence-electron chi connectivity index (χ3n) is 10.7. The second kappa shape index (κ2) is 8.24. The van der Waals surface area contributed by atoms with Crippen molar-refractivity contribution < 1.29 is 20.6 Å². The number of anilines is 1. The zero-order chi connectivity index (χ0) is 23.4. The van der Waals surface area contributed by atoms with E-state index in [1.165, 1.54) is 69.4 Å². The van der Waals surface area contributed by atoms with Crippen LogP contribution >= 0.6 is 0 Å². The van der Waals surface area contributed by atoms with Gasteiger partial charge < -0.3 is 10.2 Å². The number of benzene rings is 1. The summed E-state index contributed by atoms with van der Waals surface area (Å²) < 4.78 is 0. The van der Waals surface area contributed by atoms with Crippen molar-refractivity contribution in [1.29, 1.82) is 0 Å². The zero-order valence-electron chi connectivity index (χ0n) is 20.0. The quantitative estimate of drug-likeness (QED) is 0.442. The molecule has 1 aromatic carbocycles. The highest BCUT2D eigenvalue weighted by Gasteiger charge is 2.64. The number of aliphatic hydroxyl groups is 1. The van der Waals surface area contributed by atoms with Crippen LogP contribution in [0.2, 0.25) is 0 Å². The van der Waals surface area contributed by atoms with Gasteiger partial charge in [-0.3, -0.25) is 15.4 Å². The Hall–Kier alpha value is -1.63. The summed E-state index contributed by atoms with van der Waals surface area (Å²) in [6.07, 6.45) is 13.8. The van der Waals surface area contributed by atoms with Gasteiger partial charge in [-0.2, -0.15) is 0 Å². The van der Waals surface area contributed by atoms with Gasteiger partial charge in [-0.15, -0.1) is 5.23 Å². The molecule has 4 saturated carbocycles. The zero-order valence-corrected chi connectivity index (χ0v) is 20.0. The average molecular weight is 456 g/mol. The Labute approximate surface area is 197 Å². The van der Waals surface area contributed by atoms with Gasteiger partial charge in [0.2, 0.25) is 0 Å². The first-order valence-electron chi connectivity index (χ1n) is 12.9. The number of nitrogens with zero attached hydrogens (tertiary/aromatic N) is 2. The molecule has 4 fully saturated rings. The van der Waals surface area contributed by atoms with Crippen LogP contribution in [0.5, 0.6) is 5.75 Å². The molecule has 0 heterocycles. The van der Waals surface area contributed by atoms with E-state index in [1.807, 2.05) is 0 Å². The monoisotopic (exact) mass is 455 g/mol. The molecule has 4 aliphatic rings. The molecule has 4 aliphatic carbocycles. The van der Waals surface area contributed by atoms with Crippen molar-refractivity contribution in [2.45, 2.75) is 83.7 Å². The molecule has 0 aliphatic heterocycles. The summed E-state index contributed by atoms with van der Waals surface area (Å²) >= 11 is 0. The van der Waals surface area contributed by atoms with Crippen LogP contribution in [-0.2, 0) is 0 Å². The van der Waals surface area contributed by atoms with Crippen molar-refractivity contribution in [1.82, 2.24) is 0 Å². The number of aliphatic imine (C=N–C) groups is 1. The number of hydrogen-bond acceptors (Lipinski definition) is 6. The highest BCUT2D eigenvalue weighted by atomic mass is 16.8. The van der Waals surface area contributed by atoms with E-state index in [-0.39, 0.29) is 34.2 Å². The van der Waals surface area contributed by atoms with E-state index < -0.39 is 5.60 Å². The molecule has 0 spiro atoms. The molecular formula is C27H39N2O4-. The van der Waals surface area contributed by atoms with Gasteiger partial charge in [0.25, 0.3) is 0 Å². The third-order valence-corrected chi connectivity index (χ3v) is 10.7. The molecule has 1 aromatic rings. The van der Waals surface area contributed by atoms with Gasteiger partial charge in [-0.25, -0.2) is 0 Å². The summed E-state index contributed by atoms with van der Waals surface area (Å²) in [6, 6.07) is 4.03. The van der Waals surface area contributed by atoms with Crippen LogP contribution in [0.1, 0.15) is 83.6 Å². The topological polar surface area (TPSA) is 99.4 Å². The summed E-state index contributed by atoms with van der Waals surface area (Å²) in [6.45, 7) is 5.15. The van der Waals surface area contributed by atoms with Gasteiger partial charge in [0, 0.05) is 11.6 Å². The van der Waals surface area contributed by atoms with Gasteiger partial charge >= 0.3 is 0 Å². The molecular weight excluding hydrogens is 416 g/mol. The average Bonchev–Trinajstić information content (AvgIpc) is 3.05. The van der Waals surface area contributed by atoms with Gasteiger partial charge in [0.15, 0.2) is 0 Å². The summed E-state index contributed by atoms with van der Waals surface area (Å²) in [5.41, 5.74) is -0.115. The van der Waals surface area contributed by atoms with Gasteiger partial charge in [0.1, 0.15) is 0 Å². The number of fused-ring (bicyclic) bond motifs is 5. The lowest BCUT2D eigenvalue weighted by Gasteiger charge is -2.61. The fourth-order valence-corrected chi connectivity index (χ4v) is 8.72. The maximum Gasteiger partial charge on any atom is 0.0948 e. The molecule has 33 heavy (non-hydrogen) atoms. The lowest BCUT2D eigenvalue weighted by atomic mass is 9.44. The van der Waals surface area contributed by atoms with Crippen LogP contribution in [0.25, 0.3) is 0 Å². The van der Waals surface area contributed by atoms with Crippen LogP contribution in [0.3, 0.4) is 0 Å². The van der Waals surface area contributed by atoms with Gasteiger partial charge in [-0.1, -0.05) is 38.5 Å². The van der Waals surface area contributed by atoms with E-state index in [2.05, 4.69) is 18.8 Å². The number of hydrogen-bond donors (Lipinski definition) is 3. The second-order valence-corrected chi connectivity index (χ2v) is 11.9. The Bertz CT molecular complexity index is 919.